The molecule has 0 saturated carbocycles. The Morgan fingerprint density at radius 1 is 0.903 bits per heavy atom. The van der Waals surface area contributed by atoms with Gasteiger partial charge in [-0.05, 0) is 85.7 Å². The predicted octanol–water partition coefficient (Wildman–Crippen LogP) is 5.06. The summed E-state index contributed by atoms with van der Waals surface area (Å²) >= 11 is 5.85. The predicted molar refractivity (Wildman–Crippen MR) is 127 cm³/mol. The first kappa shape index (κ1) is 19.5. The maximum Gasteiger partial charge on any atom is 0.174 e. The monoisotopic (exact) mass is 425 g/mol. The molecule has 2 atom stereocenters. The number of rotatable bonds is 4. The highest BCUT2D eigenvalue weighted by atomic mass is 32.1. The smallest absolute Gasteiger partial charge is 0.174 e. The van der Waals surface area contributed by atoms with Crippen molar-refractivity contribution in [2.75, 3.05) is 4.90 Å². The van der Waals surface area contributed by atoms with Crippen LogP contribution in [-0.2, 0) is 0 Å². The molecule has 0 bridgehead atoms. The molecular weight excluding hydrogens is 402 g/mol. The van der Waals surface area contributed by atoms with Crippen LogP contribution < -0.4 is 10.2 Å². The lowest BCUT2D eigenvalue weighted by molar-refractivity contribution is 0.549. The zero-order chi connectivity index (χ0) is 21.4. The molecule has 1 aliphatic heterocycles. The van der Waals surface area contributed by atoms with Crippen LogP contribution in [-0.4, -0.2) is 19.6 Å². The minimum atomic E-state index is -0.0827. The molecular formula is C25H23N5S. The lowest BCUT2D eigenvalue weighted by Crippen LogP contribution is -2.30. The van der Waals surface area contributed by atoms with Gasteiger partial charge >= 0.3 is 0 Å². The summed E-state index contributed by atoms with van der Waals surface area (Å²) in [6.45, 7) is 4.26. The van der Waals surface area contributed by atoms with Crippen LogP contribution in [0, 0.1) is 13.8 Å². The molecule has 0 aliphatic carbocycles. The van der Waals surface area contributed by atoms with Gasteiger partial charge in [0.15, 0.2) is 5.11 Å². The van der Waals surface area contributed by atoms with Crippen molar-refractivity contribution in [3.05, 3.63) is 108 Å². The molecule has 4 heterocycles. The average molecular weight is 426 g/mol. The van der Waals surface area contributed by atoms with Gasteiger partial charge in [-0.25, -0.2) is 0 Å². The van der Waals surface area contributed by atoms with Gasteiger partial charge in [-0.3, -0.25) is 9.97 Å². The van der Waals surface area contributed by atoms with E-state index in [0.29, 0.717) is 5.11 Å². The van der Waals surface area contributed by atoms with Gasteiger partial charge in [0.2, 0.25) is 0 Å². The van der Waals surface area contributed by atoms with Crippen LogP contribution in [0.5, 0.6) is 0 Å². The Morgan fingerprint density at radius 2 is 1.81 bits per heavy atom. The maximum atomic E-state index is 5.85. The number of nitrogens with one attached hydrogen (secondary N) is 1. The van der Waals surface area contributed by atoms with E-state index < -0.39 is 0 Å². The van der Waals surface area contributed by atoms with Crippen LogP contribution >= 0.6 is 12.2 Å². The third kappa shape index (κ3) is 3.49. The number of pyridine rings is 2. The van der Waals surface area contributed by atoms with Gasteiger partial charge in [-0.2, -0.15) is 0 Å². The minimum absolute atomic E-state index is 0.0697. The van der Waals surface area contributed by atoms with E-state index >= 15 is 0 Å². The molecule has 3 aromatic heterocycles. The van der Waals surface area contributed by atoms with Crippen molar-refractivity contribution in [2.24, 2.45) is 0 Å². The summed E-state index contributed by atoms with van der Waals surface area (Å²) < 4.78 is 2.18. The summed E-state index contributed by atoms with van der Waals surface area (Å²) in [5.41, 5.74) is 6.67. The van der Waals surface area contributed by atoms with E-state index in [0.717, 1.165) is 22.8 Å². The van der Waals surface area contributed by atoms with Crippen LogP contribution in [0.4, 0.5) is 5.69 Å². The highest BCUT2D eigenvalue weighted by Crippen LogP contribution is 2.42. The van der Waals surface area contributed by atoms with Gasteiger partial charge in [0.1, 0.15) is 6.04 Å². The van der Waals surface area contributed by atoms with Crippen molar-refractivity contribution < 1.29 is 0 Å². The number of anilines is 1. The molecule has 1 saturated heterocycles. The summed E-state index contributed by atoms with van der Waals surface area (Å²) in [6.07, 6.45) is 7.56. The third-order valence-corrected chi connectivity index (χ3v) is 6.19. The molecule has 2 unspecified atom stereocenters. The topological polar surface area (TPSA) is 46.0 Å². The highest BCUT2D eigenvalue weighted by molar-refractivity contribution is 7.80. The lowest BCUT2D eigenvalue weighted by Gasteiger charge is -2.29. The highest BCUT2D eigenvalue weighted by Gasteiger charge is 2.42. The summed E-state index contributed by atoms with van der Waals surface area (Å²) in [5.74, 6) is 0. The molecule has 1 aliphatic rings. The van der Waals surface area contributed by atoms with Crippen molar-refractivity contribution in [1.82, 2.24) is 19.9 Å². The molecule has 4 aromatic rings. The van der Waals surface area contributed by atoms with Gasteiger partial charge in [-0.1, -0.05) is 12.1 Å². The Kier molecular flexibility index (Phi) is 5.00. The lowest BCUT2D eigenvalue weighted by atomic mass is 10.00. The van der Waals surface area contributed by atoms with E-state index in [9.17, 15) is 0 Å². The second kappa shape index (κ2) is 7.96. The molecule has 0 spiro atoms. The van der Waals surface area contributed by atoms with Crippen molar-refractivity contribution >= 4 is 23.0 Å². The fourth-order valence-electron chi connectivity index (χ4n) is 4.18. The summed E-state index contributed by atoms with van der Waals surface area (Å²) in [6, 6.07) is 20.6. The molecule has 154 valence electrons. The first-order chi connectivity index (χ1) is 15.1. The summed E-state index contributed by atoms with van der Waals surface area (Å²) in [7, 11) is 0. The third-order valence-electron chi connectivity index (χ3n) is 5.87. The normalized spacial score (nSPS) is 18.3. The zero-order valence-electron chi connectivity index (χ0n) is 17.4. The van der Waals surface area contributed by atoms with Crippen molar-refractivity contribution in [3.8, 4) is 5.69 Å². The average Bonchev–Trinajstić information content (AvgIpc) is 3.41. The van der Waals surface area contributed by atoms with Crippen LogP contribution in [0.15, 0.2) is 85.5 Å². The van der Waals surface area contributed by atoms with Gasteiger partial charge < -0.3 is 14.8 Å². The first-order valence-electron chi connectivity index (χ1n) is 10.3. The van der Waals surface area contributed by atoms with E-state index in [2.05, 4.69) is 87.3 Å². The number of nitrogens with zero attached hydrogens (tertiary/aromatic N) is 4. The standard InChI is InChI=1S/C25H23N5S/c1-17-10-11-19(15-18(17)2)30-24(23(28-25(30)31)21-8-3-4-13-27-21)22-9-6-14-29(22)20-7-5-12-26-16-20/h3-16,23-24H,1-2H3,(H,28,31). The summed E-state index contributed by atoms with van der Waals surface area (Å²) in [4.78, 5) is 11.2. The number of aryl methyl sites for hydroxylation is 2. The van der Waals surface area contributed by atoms with Gasteiger partial charge in [0.05, 0.1) is 23.6 Å². The van der Waals surface area contributed by atoms with Gasteiger partial charge in [0, 0.05) is 30.0 Å². The Labute approximate surface area is 187 Å². The molecule has 1 fully saturated rings. The summed E-state index contributed by atoms with van der Waals surface area (Å²) in [5, 5.41) is 4.23. The Hall–Kier alpha value is -3.51. The largest absolute Gasteiger partial charge is 0.351 e. The van der Waals surface area contributed by atoms with Crippen LogP contribution in [0.2, 0.25) is 0 Å². The number of hydrogen-bond donors (Lipinski definition) is 1. The SMILES string of the molecule is Cc1ccc(N2C(=S)NC(c3ccccn3)C2c2cccn2-c2cccnc2)cc1C. The molecule has 1 aromatic carbocycles. The molecule has 1 N–H and O–H groups in total. The zero-order valence-corrected chi connectivity index (χ0v) is 18.3. The van der Waals surface area contributed by atoms with Crippen LogP contribution in [0.1, 0.15) is 34.6 Å². The van der Waals surface area contributed by atoms with Gasteiger partial charge in [-0.15, -0.1) is 0 Å². The maximum absolute atomic E-state index is 5.85. The molecule has 0 radical (unpaired) electrons. The molecule has 5 nitrogen and oxygen atoms in total. The van der Waals surface area contributed by atoms with Crippen LogP contribution in [0.3, 0.4) is 0 Å². The number of thiocarbonyl (C=S) groups is 1. The van der Waals surface area contributed by atoms with Crippen molar-refractivity contribution in [3.63, 3.8) is 0 Å². The van der Waals surface area contributed by atoms with E-state index in [1.807, 2.05) is 30.6 Å². The molecule has 6 heteroatoms. The van der Waals surface area contributed by atoms with Gasteiger partial charge in [0.25, 0.3) is 0 Å². The Balaban J connectivity index is 1.68. The number of benzene rings is 1. The Morgan fingerprint density at radius 3 is 2.55 bits per heavy atom. The molecule has 31 heavy (non-hydrogen) atoms. The number of hydrogen-bond acceptors (Lipinski definition) is 3. The first-order valence-corrected chi connectivity index (χ1v) is 10.7. The van der Waals surface area contributed by atoms with Crippen LogP contribution in [0.25, 0.3) is 5.69 Å². The van der Waals surface area contributed by atoms with E-state index in [4.69, 9.17) is 12.2 Å². The Bertz CT molecular complexity index is 1220. The fraction of sp³-hybridized carbons (Fsp3) is 0.160. The minimum Gasteiger partial charge on any atom is -0.351 e. The quantitative estimate of drug-likeness (QED) is 0.463. The van der Waals surface area contributed by atoms with E-state index in [1.54, 1.807) is 6.20 Å². The van der Waals surface area contributed by atoms with E-state index in [-0.39, 0.29) is 12.1 Å². The molecule has 0 amide bonds. The van der Waals surface area contributed by atoms with Crippen molar-refractivity contribution in [1.29, 1.82) is 0 Å². The van der Waals surface area contributed by atoms with Crippen molar-refractivity contribution in [2.45, 2.75) is 25.9 Å². The number of aromatic nitrogens is 3. The second-order valence-corrected chi connectivity index (χ2v) is 8.17. The fourth-order valence-corrected chi connectivity index (χ4v) is 4.52. The van der Waals surface area contributed by atoms with E-state index in [1.165, 1.54) is 11.1 Å². The molecule has 5 rings (SSSR count). The second-order valence-electron chi connectivity index (χ2n) is 7.78.